The van der Waals surface area contributed by atoms with Crippen LogP contribution in [0.15, 0.2) is 6.20 Å². The average molecular weight is 265 g/mol. The minimum Gasteiger partial charge on any atom is -0.312 e. The monoisotopic (exact) mass is 265 g/mol. The lowest BCUT2D eigenvalue weighted by atomic mass is 10.1. The van der Waals surface area contributed by atoms with Crippen LogP contribution in [0.2, 0.25) is 0 Å². The maximum atomic E-state index is 4.66. The lowest BCUT2D eigenvalue weighted by Crippen LogP contribution is -2.48. The average Bonchev–Trinajstić information content (AvgIpc) is 2.98. The molecule has 2 aliphatic rings. The van der Waals surface area contributed by atoms with Gasteiger partial charge in [0.15, 0.2) is 0 Å². The van der Waals surface area contributed by atoms with E-state index in [9.17, 15) is 0 Å². The van der Waals surface area contributed by atoms with Gasteiger partial charge >= 0.3 is 0 Å². The first-order valence-corrected chi connectivity index (χ1v) is 8.03. The molecule has 0 radical (unpaired) electrons. The van der Waals surface area contributed by atoms with Gasteiger partial charge in [0.1, 0.15) is 0 Å². The molecule has 1 N–H and O–H groups in total. The van der Waals surface area contributed by atoms with Crippen molar-refractivity contribution in [2.75, 3.05) is 19.6 Å². The fourth-order valence-corrected chi connectivity index (χ4v) is 4.26. The van der Waals surface area contributed by atoms with Crippen molar-refractivity contribution in [1.29, 1.82) is 0 Å². The van der Waals surface area contributed by atoms with Gasteiger partial charge in [0.05, 0.1) is 5.01 Å². The van der Waals surface area contributed by atoms with E-state index in [1.807, 2.05) is 11.3 Å². The van der Waals surface area contributed by atoms with Gasteiger partial charge in [0.25, 0.3) is 0 Å². The number of nitrogens with one attached hydrogen (secondary N) is 1. The van der Waals surface area contributed by atoms with Gasteiger partial charge < -0.3 is 5.32 Å². The summed E-state index contributed by atoms with van der Waals surface area (Å²) < 4.78 is 0. The normalized spacial score (nSPS) is 26.8. The van der Waals surface area contributed by atoms with E-state index in [1.165, 1.54) is 42.1 Å². The van der Waals surface area contributed by atoms with Gasteiger partial charge in [0, 0.05) is 49.2 Å². The van der Waals surface area contributed by atoms with Crippen molar-refractivity contribution in [2.45, 2.75) is 51.1 Å². The zero-order chi connectivity index (χ0) is 12.4. The molecule has 1 aromatic rings. The van der Waals surface area contributed by atoms with E-state index >= 15 is 0 Å². The second-order valence-corrected chi connectivity index (χ2v) is 6.88. The lowest BCUT2D eigenvalue weighted by molar-refractivity contribution is 0.201. The SMILES string of the molecule is C[C@@H]1CN(Cc2cnc(C3CCCC3)s2)CCN1. The third-order valence-electron chi connectivity index (χ3n) is 4.11. The Kier molecular flexibility index (Phi) is 3.97. The third-order valence-corrected chi connectivity index (χ3v) is 5.25. The number of nitrogens with zero attached hydrogens (tertiary/aromatic N) is 2. The van der Waals surface area contributed by atoms with Crippen LogP contribution in [0, 0.1) is 0 Å². The summed E-state index contributed by atoms with van der Waals surface area (Å²) in [6.07, 6.45) is 7.63. The highest BCUT2D eigenvalue weighted by atomic mass is 32.1. The summed E-state index contributed by atoms with van der Waals surface area (Å²) in [5.41, 5.74) is 0. The van der Waals surface area contributed by atoms with E-state index in [1.54, 1.807) is 0 Å². The molecule has 2 fully saturated rings. The van der Waals surface area contributed by atoms with Crippen LogP contribution >= 0.6 is 11.3 Å². The highest BCUT2D eigenvalue weighted by Crippen LogP contribution is 2.36. The molecule has 0 bridgehead atoms. The Bertz CT molecular complexity index is 384. The highest BCUT2D eigenvalue weighted by molar-refractivity contribution is 7.11. The van der Waals surface area contributed by atoms with Gasteiger partial charge in [-0.15, -0.1) is 11.3 Å². The van der Waals surface area contributed by atoms with Crippen molar-refractivity contribution >= 4 is 11.3 Å². The second-order valence-electron chi connectivity index (χ2n) is 5.74. The number of hydrogen-bond acceptors (Lipinski definition) is 4. The van der Waals surface area contributed by atoms with Gasteiger partial charge in [-0.2, -0.15) is 0 Å². The molecule has 1 aliphatic carbocycles. The molecule has 1 aliphatic heterocycles. The van der Waals surface area contributed by atoms with E-state index in [4.69, 9.17) is 0 Å². The molecule has 0 aromatic carbocycles. The quantitative estimate of drug-likeness (QED) is 0.910. The molecular weight excluding hydrogens is 242 g/mol. The van der Waals surface area contributed by atoms with Crippen molar-refractivity contribution < 1.29 is 0 Å². The van der Waals surface area contributed by atoms with Gasteiger partial charge in [-0.05, 0) is 19.8 Å². The molecule has 100 valence electrons. The molecule has 1 aromatic heterocycles. The molecule has 4 heteroatoms. The summed E-state index contributed by atoms with van der Waals surface area (Å²) in [6, 6.07) is 0.626. The van der Waals surface area contributed by atoms with Crippen molar-refractivity contribution in [3.05, 3.63) is 16.1 Å². The Morgan fingerprint density at radius 2 is 2.28 bits per heavy atom. The minimum atomic E-state index is 0.626. The Labute approximate surface area is 114 Å². The first kappa shape index (κ1) is 12.6. The van der Waals surface area contributed by atoms with Crippen molar-refractivity contribution in [3.63, 3.8) is 0 Å². The number of thiazole rings is 1. The molecule has 1 saturated carbocycles. The van der Waals surface area contributed by atoms with Crippen LogP contribution in [-0.2, 0) is 6.54 Å². The smallest absolute Gasteiger partial charge is 0.0959 e. The second kappa shape index (κ2) is 5.68. The summed E-state index contributed by atoms with van der Waals surface area (Å²) >= 11 is 1.95. The summed E-state index contributed by atoms with van der Waals surface area (Å²) in [4.78, 5) is 8.66. The summed E-state index contributed by atoms with van der Waals surface area (Å²) in [6.45, 7) is 6.81. The van der Waals surface area contributed by atoms with Crippen molar-refractivity contribution in [1.82, 2.24) is 15.2 Å². The lowest BCUT2D eigenvalue weighted by Gasteiger charge is -2.31. The largest absolute Gasteiger partial charge is 0.312 e. The van der Waals surface area contributed by atoms with Gasteiger partial charge in [0.2, 0.25) is 0 Å². The fourth-order valence-electron chi connectivity index (χ4n) is 3.13. The number of piperazine rings is 1. The van der Waals surface area contributed by atoms with Crippen LogP contribution in [-0.4, -0.2) is 35.6 Å². The van der Waals surface area contributed by atoms with Crippen LogP contribution in [0.5, 0.6) is 0 Å². The molecule has 18 heavy (non-hydrogen) atoms. The van der Waals surface area contributed by atoms with Crippen molar-refractivity contribution in [2.24, 2.45) is 0 Å². The Hall–Kier alpha value is -0.450. The Morgan fingerprint density at radius 3 is 3.06 bits per heavy atom. The molecular formula is C14H23N3S. The van der Waals surface area contributed by atoms with E-state index in [-0.39, 0.29) is 0 Å². The summed E-state index contributed by atoms with van der Waals surface area (Å²) in [7, 11) is 0. The van der Waals surface area contributed by atoms with E-state index < -0.39 is 0 Å². The standard InChI is InChI=1S/C14H23N3S/c1-11-9-17(7-6-15-11)10-13-8-16-14(18-13)12-4-2-3-5-12/h8,11-12,15H,2-7,9-10H2,1H3/t11-/m1/s1. The molecule has 0 unspecified atom stereocenters. The summed E-state index contributed by atoms with van der Waals surface area (Å²) in [5, 5.41) is 4.89. The fraction of sp³-hybridized carbons (Fsp3) is 0.786. The van der Waals surface area contributed by atoms with E-state index in [0.717, 1.165) is 25.6 Å². The topological polar surface area (TPSA) is 28.2 Å². The molecule has 1 saturated heterocycles. The van der Waals surface area contributed by atoms with Crippen LogP contribution in [0.1, 0.15) is 48.4 Å². The Morgan fingerprint density at radius 1 is 1.44 bits per heavy atom. The van der Waals surface area contributed by atoms with E-state index in [2.05, 4.69) is 28.3 Å². The number of hydrogen-bond donors (Lipinski definition) is 1. The molecule has 0 spiro atoms. The minimum absolute atomic E-state index is 0.626. The first-order valence-electron chi connectivity index (χ1n) is 7.21. The highest BCUT2D eigenvalue weighted by Gasteiger charge is 2.21. The van der Waals surface area contributed by atoms with Gasteiger partial charge in [-0.3, -0.25) is 4.90 Å². The predicted molar refractivity (Wildman–Crippen MR) is 76.1 cm³/mol. The van der Waals surface area contributed by atoms with Crippen molar-refractivity contribution in [3.8, 4) is 0 Å². The molecule has 0 amide bonds. The van der Waals surface area contributed by atoms with Gasteiger partial charge in [-0.1, -0.05) is 12.8 Å². The maximum absolute atomic E-state index is 4.66. The zero-order valence-corrected chi connectivity index (χ0v) is 12.0. The Balaban J connectivity index is 1.59. The van der Waals surface area contributed by atoms with Crippen LogP contribution in [0.3, 0.4) is 0 Å². The molecule has 3 nitrogen and oxygen atoms in total. The summed E-state index contributed by atoms with van der Waals surface area (Å²) in [5.74, 6) is 0.769. The molecule has 1 atom stereocenters. The van der Waals surface area contributed by atoms with Crippen LogP contribution < -0.4 is 5.32 Å². The van der Waals surface area contributed by atoms with E-state index in [0.29, 0.717) is 6.04 Å². The number of rotatable bonds is 3. The zero-order valence-electron chi connectivity index (χ0n) is 11.2. The molecule has 2 heterocycles. The maximum Gasteiger partial charge on any atom is 0.0959 e. The third kappa shape index (κ3) is 2.92. The predicted octanol–water partition coefficient (Wildman–Crippen LogP) is 2.59. The number of aromatic nitrogens is 1. The molecule has 3 rings (SSSR count). The van der Waals surface area contributed by atoms with Crippen LogP contribution in [0.4, 0.5) is 0 Å². The van der Waals surface area contributed by atoms with Crippen LogP contribution in [0.25, 0.3) is 0 Å². The van der Waals surface area contributed by atoms with Gasteiger partial charge in [-0.25, -0.2) is 4.98 Å². The first-order chi connectivity index (χ1) is 8.81.